The van der Waals surface area contributed by atoms with Crippen molar-refractivity contribution in [2.45, 2.75) is 38.4 Å². The summed E-state index contributed by atoms with van der Waals surface area (Å²) in [4.78, 5) is 9.00. The van der Waals surface area contributed by atoms with Crippen LogP contribution in [-0.4, -0.2) is 40.5 Å². The van der Waals surface area contributed by atoms with Gasteiger partial charge in [0.25, 0.3) is 0 Å². The fourth-order valence-electron chi connectivity index (χ4n) is 4.78. The van der Waals surface area contributed by atoms with Crippen molar-refractivity contribution >= 4 is 10.9 Å². The molecule has 1 saturated heterocycles. The third-order valence-corrected chi connectivity index (χ3v) is 6.23. The second-order valence-corrected chi connectivity index (χ2v) is 7.84. The normalized spacial score (nSPS) is 19.7. The molecule has 1 fully saturated rings. The molecule has 1 aromatic heterocycles. The molecule has 0 aliphatic carbocycles. The Balaban J connectivity index is 1.24. The summed E-state index contributed by atoms with van der Waals surface area (Å²) in [5.41, 5.74) is 5.74. The van der Waals surface area contributed by atoms with Crippen LogP contribution >= 0.6 is 0 Å². The smallest absolute Gasteiger partial charge is 0.0459 e. The van der Waals surface area contributed by atoms with Gasteiger partial charge in [-0.05, 0) is 43.1 Å². The molecule has 2 aliphatic heterocycles. The summed E-state index contributed by atoms with van der Waals surface area (Å²) in [7, 11) is 0. The van der Waals surface area contributed by atoms with E-state index in [-0.39, 0.29) is 0 Å². The van der Waals surface area contributed by atoms with Gasteiger partial charge < -0.3 is 4.98 Å². The average molecular weight is 345 g/mol. The van der Waals surface area contributed by atoms with Crippen molar-refractivity contribution in [2.24, 2.45) is 0 Å². The van der Waals surface area contributed by atoms with Crippen LogP contribution in [0.1, 0.15) is 29.7 Å². The van der Waals surface area contributed by atoms with Crippen molar-refractivity contribution in [2.75, 3.05) is 19.6 Å². The van der Waals surface area contributed by atoms with Gasteiger partial charge in [-0.1, -0.05) is 48.5 Å². The van der Waals surface area contributed by atoms with Crippen LogP contribution < -0.4 is 0 Å². The number of H-pyrrole nitrogens is 1. The lowest BCUT2D eigenvalue weighted by Crippen LogP contribution is -2.46. The van der Waals surface area contributed by atoms with E-state index in [0.29, 0.717) is 0 Å². The number of piperidine rings is 1. The molecular formula is C23H27N3. The van der Waals surface area contributed by atoms with Gasteiger partial charge in [0, 0.05) is 48.7 Å². The van der Waals surface area contributed by atoms with Crippen LogP contribution in [0.2, 0.25) is 0 Å². The van der Waals surface area contributed by atoms with E-state index in [1.54, 1.807) is 5.56 Å². The number of fused-ring (bicyclic) bond motifs is 3. The van der Waals surface area contributed by atoms with Crippen molar-refractivity contribution in [3.05, 3.63) is 71.4 Å². The molecule has 26 heavy (non-hydrogen) atoms. The van der Waals surface area contributed by atoms with E-state index in [1.165, 1.54) is 54.6 Å². The molecule has 3 heteroatoms. The number of nitrogens with zero attached hydrogens (tertiary/aromatic N) is 2. The number of aromatic nitrogens is 1. The van der Waals surface area contributed by atoms with Gasteiger partial charge in [-0.3, -0.25) is 9.80 Å². The van der Waals surface area contributed by atoms with E-state index in [9.17, 15) is 0 Å². The van der Waals surface area contributed by atoms with Crippen molar-refractivity contribution in [3.63, 3.8) is 0 Å². The minimum absolute atomic E-state index is 0.740. The highest BCUT2D eigenvalue weighted by molar-refractivity contribution is 5.84. The highest BCUT2D eigenvalue weighted by Crippen LogP contribution is 2.30. The Morgan fingerprint density at radius 2 is 1.65 bits per heavy atom. The molecule has 0 unspecified atom stereocenters. The molecule has 0 amide bonds. The maximum absolute atomic E-state index is 3.64. The summed E-state index contributed by atoms with van der Waals surface area (Å²) in [6.07, 6.45) is 3.75. The van der Waals surface area contributed by atoms with Gasteiger partial charge in [0.05, 0.1) is 0 Å². The summed E-state index contributed by atoms with van der Waals surface area (Å²) >= 11 is 0. The zero-order valence-corrected chi connectivity index (χ0v) is 15.3. The third kappa shape index (κ3) is 3.06. The Labute approximate surface area is 155 Å². The van der Waals surface area contributed by atoms with Crippen molar-refractivity contribution in [1.82, 2.24) is 14.8 Å². The Bertz CT molecular complexity index is 875. The molecule has 0 atom stereocenters. The van der Waals surface area contributed by atoms with Gasteiger partial charge in [-0.25, -0.2) is 0 Å². The van der Waals surface area contributed by atoms with Crippen LogP contribution in [0.3, 0.4) is 0 Å². The fraction of sp³-hybridized carbons (Fsp3) is 0.391. The number of aromatic amines is 1. The van der Waals surface area contributed by atoms with Crippen LogP contribution in [0.15, 0.2) is 54.6 Å². The first kappa shape index (κ1) is 16.1. The molecule has 0 spiro atoms. The molecule has 0 saturated carbocycles. The fourth-order valence-corrected chi connectivity index (χ4v) is 4.78. The zero-order valence-electron chi connectivity index (χ0n) is 15.3. The first-order valence-electron chi connectivity index (χ1n) is 9.95. The summed E-state index contributed by atoms with van der Waals surface area (Å²) in [5, 5.41) is 1.42. The van der Waals surface area contributed by atoms with Crippen LogP contribution in [-0.2, 0) is 19.5 Å². The van der Waals surface area contributed by atoms with Gasteiger partial charge in [0.1, 0.15) is 0 Å². The van der Waals surface area contributed by atoms with Crippen LogP contribution in [0, 0.1) is 0 Å². The zero-order chi connectivity index (χ0) is 17.3. The minimum atomic E-state index is 0.740. The second-order valence-electron chi connectivity index (χ2n) is 7.84. The van der Waals surface area contributed by atoms with Gasteiger partial charge in [-0.2, -0.15) is 0 Å². The van der Waals surface area contributed by atoms with Gasteiger partial charge in [-0.15, -0.1) is 0 Å². The van der Waals surface area contributed by atoms with Gasteiger partial charge in [0.15, 0.2) is 0 Å². The predicted octanol–water partition coefficient (Wildman–Crippen LogP) is 4.19. The third-order valence-electron chi connectivity index (χ3n) is 6.23. The molecule has 3 aromatic rings. The molecule has 2 aromatic carbocycles. The molecule has 1 N–H and O–H groups in total. The van der Waals surface area contributed by atoms with Crippen molar-refractivity contribution < 1.29 is 0 Å². The quantitative estimate of drug-likeness (QED) is 0.769. The topological polar surface area (TPSA) is 22.3 Å². The van der Waals surface area contributed by atoms with E-state index in [1.807, 2.05) is 0 Å². The van der Waals surface area contributed by atoms with Gasteiger partial charge >= 0.3 is 0 Å². The van der Waals surface area contributed by atoms with E-state index < -0.39 is 0 Å². The standard InChI is InChI=1S/C23H27N3/c1-2-6-18(7-3-1)16-25-13-10-19(11-14-25)26-15-12-23-21(17-26)20-8-4-5-9-22(20)24-23/h1-9,19,24H,10-17H2. The lowest BCUT2D eigenvalue weighted by atomic mass is 9.97. The summed E-state index contributed by atoms with van der Waals surface area (Å²) in [5.74, 6) is 0. The Kier molecular flexibility index (Phi) is 4.27. The van der Waals surface area contributed by atoms with E-state index in [0.717, 1.165) is 25.6 Å². The lowest BCUT2D eigenvalue weighted by molar-refractivity contribution is 0.0950. The second kappa shape index (κ2) is 6.90. The van der Waals surface area contributed by atoms with Crippen LogP contribution in [0.25, 0.3) is 10.9 Å². The minimum Gasteiger partial charge on any atom is -0.358 e. The first-order valence-corrected chi connectivity index (χ1v) is 9.95. The summed E-state index contributed by atoms with van der Waals surface area (Å²) in [6, 6.07) is 20.4. The molecule has 0 radical (unpaired) electrons. The molecule has 5 rings (SSSR count). The molecule has 2 aliphatic rings. The number of para-hydroxylation sites is 1. The average Bonchev–Trinajstić information content (AvgIpc) is 3.07. The van der Waals surface area contributed by atoms with Crippen LogP contribution in [0.4, 0.5) is 0 Å². The van der Waals surface area contributed by atoms with E-state index >= 15 is 0 Å². The maximum atomic E-state index is 3.64. The maximum Gasteiger partial charge on any atom is 0.0459 e. The van der Waals surface area contributed by atoms with Crippen LogP contribution in [0.5, 0.6) is 0 Å². The number of likely N-dealkylation sites (tertiary alicyclic amines) is 1. The Hall–Kier alpha value is -2.10. The number of hydrogen-bond acceptors (Lipinski definition) is 2. The SMILES string of the molecule is c1ccc(CN2CCC(N3CCc4[nH]c5ccccc5c4C3)CC2)cc1. The molecule has 134 valence electrons. The summed E-state index contributed by atoms with van der Waals surface area (Å²) in [6.45, 7) is 5.85. The largest absolute Gasteiger partial charge is 0.358 e. The highest BCUT2D eigenvalue weighted by atomic mass is 15.2. The number of hydrogen-bond donors (Lipinski definition) is 1. The Morgan fingerprint density at radius 3 is 2.50 bits per heavy atom. The Morgan fingerprint density at radius 1 is 0.885 bits per heavy atom. The van der Waals surface area contributed by atoms with E-state index in [2.05, 4.69) is 69.4 Å². The number of nitrogens with one attached hydrogen (secondary N) is 1. The van der Waals surface area contributed by atoms with Gasteiger partial charge in [0.2, 0.25) is 0 Å². The molecule has 3 heterocycles. The van der Waals surface area contributed by atoms with Crippen molar-refractivity contribution in [1.29, 1.82) is 0 Å². The van der Waals surface area contributed by atoms with Crippen molar-refractivity contribution in [3.8, 4) is 0 Å². The predicted molar refractivity (Wildman–Crippen MR) is 107 cm³/mol. The number of rotatable bonds is 3. The van der Waals surface area contributed by atoms with E-state index in [4.69, 9.17) is 0 Å². The lowest BCUT2D eigenvalue weighted by Gasteiger charge is -2.40. The number of benzene rings is 2. The highest BCUT2D eigenvalue weighted by Gasteiger charge is 2.28. The molecular weight excluding hydrogens is 318 g/mol. The summed E-state index contributed by atoms with van der Waals surface area (Å²) < 4.78 is 0. The molecule has 3 nitrogen and oxygen atoms in total. The molecule has 0 bridgehead atoms. The first-order chi connectivity index (χ1) is 12.9. The monoisotopic (exact) mass is 345 g/mol.